The van der Waals surface area contributed by atoms with Crippen LogP contribution in [0.25, 0.3) is 0 Å². The van der Waals surface area contributed by atoms with Crippen molar-refractivity contribution in [3.05, 3.63) is 58.1 Å². The molecule has 5 heteroatoms. The van der Waals surface area contributed by atoms with Crippen LogP contribution < -0.4 is 0 Å². The fourth-order valence-electron chi connectivity index (χ4n) is 2.64. The van der Waals surface area contributed by atoms with Crippen molar-refractivity contribution in [2.24, 2.45) is 0 Å². The van der Waals surface area contributed by atoms with E-state index in [1.807, 2.05) is 23.2 Å². The molecule has 0 saturated heterocycles. The number of halogens is 1. The summed E-state index contributed by atoms with van der Waals surface area (Å²) in [6, 6.07) is 6.42. The highest BCUT2D eigenvalue weighted by atomic mass is 35.5. The van der Waals surface area contributed by atoms with E-state index in [1.54, 1.807) is 23.9 Å². The summed E-state index contributed by atoms with van der Waals surface area (Å²) in [6.07, 6.45) is 4.98. The van der Waals surface area contributed by atoms with Gasteiger partial charge in [-0.25, -0.2) is 4.79 Å². The van der Waals surface area contributed by atoms with Crippen molar-refractivity contribution in [1.29, 1.82) is 0 Å². The Morgan fingerprint density at radius 2 is 2.25 bits per heavy atom. The molecule has 0 radical (unpaired) electrons. The summed E-state index contributed by atoms with van der Waals surface area (Å²) in [5.74, 6) is -0.872. The van der Waals surface area contributed by atoms with Gasteiger partial charge in [-0.05, 0) is 23.5 Å². The smallest absolute Gasteiger partial charge is 0.331 e. The Kier molecular flexibility index (Phi) is 3.76. The molecule has 0 bridgehead atoms. The number of fused-ring (bicyclic) bond motifs is 1. The van der Waals surface area contributed by atoms with Gasteiger partial charge in [-0.15, -0.1) is 11.8 Å². The summed E-state index contributed by atoms with van der Waals surface area (Å²) in [5.41, 5.74) is 1.84. The van der Waals surface area contributed by atoms with E-state index in [2.05, 4.69) is 11.5 Å². The normalized spacial score (nSPS) is 22.4. The second-order valence-electron chi connectivity index (χ2n) is 4.85. The quantitative estimate of drug-likeness (QED) is 0.924. The van der Waals surface area contributed by atoms with Gasteiger partial charge in [-0.3, -0.25) is 0 Å². The summed E-state index contributed by atoms with van der Waals surface area (Å²) < 4.78 is 0. The first-order valence-electron chi connectivity index (χ1n) is 6.43. The molecule has 104 valence electrons. The Bertz CT molecular complexity index is 599. The van der Waals surface area contributed by atoms with Crippen LogP contribution in [0.4, 0.5) is 0 Å². The molecule has 3 rings (SSSR count). The molecule has 0 aliphatic carbocycles. The molecular formula is C15H14ClNO2S. The molecule has 0 amide bonds. The molecule has 0 saturated carbocycles. The maximum Gasteiger partial charge on any atom is 0.331 e. The number of allylic oxidation sites excluding steroid dienone is 1. The summed E-state index contributed by atoms with van der Waals surface area (Å²) in [6.45, 7) is 0.727. The van der Waals surface area contributed by atoms with Crippen molar-refractivity contribution < 1.29 is 9.90 Å². The largest absolute Gasteiger partial charge is 0.479 e. The predicted molar refractivity (Wildman–Crippen MR) is 81.8 cm³/mol. The molecule has 2 heterocycles. The van der Waals surface area contributed by atoms with Crippen LogP contribution in [-0.4, -0.2) is 27.8 Å². The van der Waals surface area contributed by atoms with Crippen LogP contribution in [0, 0.1) is 0 Å². The van der Waals surface area contributed by atoms with Crippen molar-refractivity contribution in [3.63, 3.8) is 0 Å². The highest BCUT2D eigenvalue weighted by molar-refractivity contribution is 8.03. The zero-order valence-corrected chi connectivity index (χ0v) is 12.3. The molecule has 3 nitrogen and oxygen atoms in total. The van der Waals surface area contributed by atoms with Gasteiger partial charge in [0, 0.05) is 28.6 Å². The van der Waals surface area contributed by atoms with Gasteiger partial charge in [-0.1, -0.05) is 35.9 Å². The van der Waals surface area contributed by atoms with Gasteiger partial charge in [0.1, 0.15) is 0 Å². The molecule has 1 unspecified atom stereocenters. The third kappa shape index (κ3) is 2.45. The Morgan fingerprint density at radius 1 is 1.45 bits per heavy atom. The minimum absolute atomic E-state index is 0.479. The average Bonchev–Trinajstić information content (AvgIpc) is 2.88. The molecule has 2 aliphatic heterocycles. The predicted octanol–water partition coefficient (Wildman–Crippen LogP) is 3.68. The summed E-state index contributed by atoms with van der Waals surface area (Å²) in [4.78, 5) is 13.6. The molecule has 1 aromatic carbocycles. The second-order valence-corrected chi connectivity index (χ2v) is 6.37. The Balaban J connectivity index is 1.96. The first-order valence-corrected chi connectivity index (χ1v) is 7.75. The van der Waals surface area contributed by atoms with Crippen LogP contribution in [0.1, 0.15) is 18.0 Å². The number of carboxylic acid groups (broad SMARTS) is 1. The molecule has 2 aliphatic rings. The lowest BCUT2D eigenvalue weighted by atomic mass is 10.0. The number of carboxylic acids is 1. The molecule has 1 aromatic rings. The van der Waals surface area contributed by atoms with Gasteiger partial charge in [0.05, 0.1) is 0 Å². The number of aliphatic carboxylic acids is 1. The average molecular weight is 308 g/mol. The van der Waals surface area contributed by atoms with Gasteiger partial charge >= 0.3 is 5.97 Å². The third-order valence-corrected chi connectivity index (χ3v) is 5.08. The fourth-order valence-corrected chi connectivity index (χ4v) is 3.84. The third-order valence-electron chi connectivity index (χ3n) is 3.60. The summed E-state index contributed by atoms with van der Waals surface area (Å²) in [5, 5.41) is 12.6. The monoisotopic (exact) mass is 307 g/mol. The second kappa shape index (κ2) is 5.54. The molecule has 1 N–H and O–H groups in total. The molecule has 0 spiro atoms. The minimum atomic E-state index is -0.872. The van der Waals surface area contributed by atoms with Crippen molar-refractivity contribution in [3.8, 4) is 0 Å². The van der Waals surface area contributed by atoms with Gasteiger partial charge < -0.3 is 10.0 Å². The van der Waals surface area contributed by atoms with E-state index in [1.165, 1.54) is 5.57 Å². The van der Waals surface area contributed by atoms with E-state index in [0.717, 1.165) is 13.0 Å². The molecule has 0 aromatic heterocycles. The number of thioether (sulfide) groups is 1. The maximum atomic E-state index is 11.7. The van der Waals surface area contributed by atoms with Crippen LogP contribution in [0.15, 0.2) is 47.5 Å². The topological polar surface area (TPSA) is 40.5 Å². The number of carbonyl (C=O) groups is 1. The van der Waals surface area contributed by atoms with E-state index in [4.69, 9.17) is 11.6 Å². The van der Waals surface area contributed by atoms with Gasteiger partial charge in [0.15, 0.2) is 6.04 Å². The first-order chi connectivity index (χ1) is 9.66. The van der Waals surface area contributed by atoms with E-state index in [9.17, 15) is 9.90 Å². The van der Waals surface area contributed by atoms with Gasteiger partial charge in [0.25, 0.3) is 0 Å². The lowest BCUT2D eigenvalue weighted by molar-refractivity contribution is -0.142. The van der Waals surface area contributed by atoms with Crippen molar-refractivity contribution >= 4 is 29.3 Å². The summed E-state index contributed by atoms with van der Waals surface area (Å²) in [7, 11) is 0. The highest BCUT2D eigenvalue weighted by Gasteiger charge is 2.32. The van der Waals surface area contributed by atoms with Gasteiger partial charge in [0.2, 0.25) is 0 Å². The zero-order valence-electron chi connectivity index (χ0n) is 10.7. The van der Waals surface area contributed by atoms with Crippen LogP contribution >= 0.6 is 23.4 Å². The lowest BCUT2D eigenvalue weighted by Crippen LogP contribution is -2.35. The van der Waals surface area contributed by atoms with Crippen LogP contribution in [0.5, 0.6) is 0 Å². The Labute approximate surface area is 126 Å². The highest BCUT2D eigenvalue weighted by Crippen LogP contribution is 2.38. The number of hydrogen-bond donors (Lipinski definition) is 1. The minimum Gasteiger partial charge on any atom is -0.479 e. The van der Waals surface area contributed by atoms with E-state index < -0.39 is 12.0 Å². The summed E-state index contributed by atoms with van der Waals surface area (Å²) >= 11 is 7.96. The maximum absolute atomic E-state index is 11.7. The van der Waals surface area contributed by atoms with E-state index >= 15 is 0 Å². The molecule has 2 atom stereocenters. The van der Waals surface area contributed by atoms with Crippen LogP contribution in [-0.2, 0) is 4.79 Å². The SMILES string of the molecule is O=C(O)C(c1ccccc1Cl)N1C=C2C=CS[C@H]2CC1. The standard InChI is InChI=1S/C15H14ClNO2S/c16-12-4-2-1-3-11(12)14(15(18)19)17-7-5-13-10(9-17)6-8-20-13/h1-4,6,8-9,13-14H,5,7H2,(H,18,19)/t13-,14?/m0/s1. The number of nitrogens with zero attached hydrogens (tertiary/aromatic N) is 1. The first kappa shape index (κ1) is 13.6. The van der Waals surface area contributed by atoms with Crippen LogP contribution in [0.2, 0.25) is 5.02 Å². The lowest BCUT2D eigenvalue weighted by Gasteiger charge is -2.33. The van der Waals surface area contributed by atoms with Crippen molar-refractivity contribution in [2.75, 3.05) is 6.54 Å². The zero-order chi connectivity index (χ0) is 14.1. The molecule has 20 heavy (non-hydrogen) atoms. The fraction of sp³-hybridized carbons (Fsp3) is 0.267. The van der Waals surface area contributed by atoms with Gasteiger partial charge in [-0.2, -0.15) is 0 Å². The molecule has 0 fully saturated rings. The van der Waals surface area contributed by atoms with E-state index in [0.29, 0.717) is 15.8 Å². The molecular weight excluding hydrogens is 294 g/mol. The van der Waals surface area contributed by atoms with Crippen molar-refractivity contribution in [2.45, 2.75) is 17.7 Å². The number of hydrogen-bond acceptors (Lipinski definition) is 3. The Hall–Kier alpha value is -1.39. The number of benzene rings is 1. The number of rotatable bonds is 3. The Morgan fingerprint density at radius 3 is 3.00 bits per heavy atom. The van der Waals surface area contributed by atoms with E-state index in [-0.39, 0.29) is 0 Å². The van der Waals surface area contributed by atoms with Crippen molar-refractivity contribution in [1.82, 2.24) is 4.90 Å². The van der Waals surface area contributed by atoms with Crippen LogP contribution in [0.3, 0.4) is 0 Å².